The number of hydrogen-bond donors (Lipinski definition) is 1. The van der Waals surface area contributed by atoms with Crippen LogP contribution in [0.25, 0.3) is 0 Å². The van der Waals surface area contributed by atoms with Gasteiger partial charge < -0.3 is 9.84 Å². The monoisotopic (exact) mass is 432 g/mol. The smallest absolute Gasteiger partial charge is 0.336 e. The van der Waals surface area contributed by atoms with Crippen LogP contribution in [0.2, 0.25) is 0 Å². The summed E-state index contributed by atoms with van der Waals surface area (Å²) in [6.45, 7) is 2.64. The van der Waals surface area contributed by atoms with E-state index in [0.29, 0.717) is 24.3 Å². The molecule has 2 aromatic rings. The Morgan fingerprint density at radius 1 is 0.935 bits per heavy atom. The van der Waals surface area contributed by atoms with Crippen molar-refractivity contribution in [2.24, 2.45) is 0 Å². The number of hydrogen-bond acceptors (Lipinski definition) is 3. The van der Waals surface area contributed by atoms with Crippen molar-refractivity contribution in [2.45, 2.75) is 31.1 Å². The van der Waals surface area contributed by atoms with Crippen LogP contribution in [-0.4, -0.2) is 23.4 Å². The molecule has 0 amide bonds. The van der Waals surface area contributed by atoms with Gasteiger partial charge in [-0.05, 0) is 44.0 Å². The number of aromatic carboxylic acids is 1. The molecule has 0 aromatic heterocycles. The molecule has 0 spiro atoms. The minimum Gasteiger partial charge on any atom is -0.490 e. The van der Waals surface area contributed by atoms with Crippen LogP contribution in [0, 0.1) is 18.8 Å². The van der Waals surface area contributed by atoms with Gasteiger partial charge in [0.1, 0.15) is 12.4 Å². The van der Waals surface area contributed by atoms with E-state index in [0.717, 1.165) is 23.5 Å². The van der Waals surface area contributed by atoms with E-state index in [1.807, 2.05) is 42.5 Å². The maximum Gasteiger partial charge on any atom is 0.336 e. The van der Waals surface area contributed by atoms with Crippen LogP contribution in [0.3, 0.4) is 0 Å². The fourth-order valence-corrected chi connectivity index (χ4v) is 3.35. The second-order valence-corrected chi connectivity index (χ2v) is 7.67. The van der Waals surface area contributed by atoms with E-state index < -0.39 is 5.97 Å². The first-order chi connectivity index (χ1) is 15.2. The summed E-state index contributed by atoms with van der Waals surface area (Å²) < 4.78 is 5.64. The molecule has 4 heteroatoms. The van der Waals surface area contributed by atoms with Gasteiger partial charge in [-0.25, -0.2) is 4.79 Å². The van der Waals surface area contributed by atoms with E-state index in [-0.39, 0.29) is 0 Å². The molecule has 0 saturated heterocycles. The Bertz CT molecular complexity index is 960. The number of thioether (sulfide) groups is 1. The van der Waals surface area contributed by atoms with Gasteiger partial charge >= 0.3 is 5.97 Å². The fourth-order valence-electron chi connectivity index (χ4n) is 2.54. The van der Waals surface area contributed by atoms with Crippen molar-refractivity contribution in [3.63, 3.8) is 0 Å². The van der Waals surface area contributed by atoms with Crippen LogP contribution in [0.1, 0.15) is 35.2 Å². The Hall–Kier alpha value is -3.16. The number of ether oxygens (including phenoxy) is 1. The van der Waals surface area contributed by atoms with Gasteiger partial charge in [0.25, 0.3) is 0 Å². The SMILES string of the molecule is Cc1ccc(OC/C=C\C/C=C\C/C=C\CC#CCSc2ccccc2C(=O)O)cc1. The maximum absolute atomic E-state index is 11.2. The first-order valence-electron chi connectivity index (χ1n) is 10.2. The van der Waals surface area contributed by atoms with E-state index >= 15 is 0 Å². The Labute approximate surface area is 189 Å². The lowest BCUT2D eigenvalue weighted by molar-refractivity contribution is 0.0693. The predicted molar refractivity (Wildman–Crippen MR) is 130 cm³/mol. The number of rotatable bonds is 11. The minimum absolute atomic E-state index is 0.328. The van der Waals surface area contributed by atoms with Gasteiger partial charge in [-0.2, -0.15) is 0 Å². The summed E-state index contributed by atoms with van der Waals surface area (Å²) in [5.41, 5.74) is 1.56. The van der Waals surface area contributed by atoms with Crippen molar-refractivity contribution >= 4 is 17.7 Å². The first-order valence-corrected chi connectivity index (χ1v) is 11.2. The Kier molecular flexibility index (Phi) is 11.5. The van der Waals surface area contributed by atoms with Gasteiger partial charge in [-0.3, -0.25) is 0 Å². The average Bonchev–Trinajstić information content (AvgIpc) is 2.77. The van der Waals surface area contributed by atoms with E-state index in [9.17, 15) is 4.79 Å². The van der Waals surface area contributed by atoms with Gasteiger partial charge in [0, 0.05) is 11.3 Å². The van der Waals surface area contributed by atoms with Crippen LogP contribution in [0.15, 0.2) is 89.9 Å². The van der Waals surface area contributed by atoms with Gasteiger partial charge in [0.05, 0.1) is 11.3 Å². The molecular weight excluding hydrogens is 404 g/mol. The summed E-state index contributed by atoms with van der Waals surface area (Å²) in [6, 6.07) is 15.1. The molecular formula is C27H28O3S. The second-order valence-electron chi connectivity index (χ2n) is 6.66. The third-order valence-electron chi connectivity index (χ3n) is 4.17. The highest BCUT2D eigenvalue weighted by Crippen LogP contribution is 2.22. The maximum atomic E-state index is 11.2. The lowest BCUT2D eigenvalue weighted by atomic mass is 10.2. The van der Waals surface area contributed by atoms with Crippen LogP contribution < -0.4 is 4.74 Å². The zero-order valence-electron chi connectivity index (χ0n) is 17.8. The topological polar surface area (TPSA) is 46.5 Å². The third-order valence-corrected chi connectivity index (χ3v) is 5.13. The average molecular weight is 433 g/mol. The van der Waals surface area contributed by atoms with Gasteiger partial charge in [0.2, 0.25) is 0 Å². The molecule has 1 N–H and O–H groups in total. The summed E-state index contributed by atoms with van der Waals surface area (Å²) in [5.74, 6) is 6.74. The van der Waals surface area contributed by atoms with Crippen molar-refractivity contribution in [1.29, 1.82) is 0 Å². The lowest BCUT2D eigenvalue weighted by Gasteiger charge is -2.02. The molecule has 0 aliphatic carbocycles. The Balaban J connectivity index is 1.53. The number of carboxylic acid groups (broad SMARTS) is 1. The molecule has 0 atom stereocenters. The van der Waals surface area contributed by atoms with Gasteiger partial charge in [0.15, 0.2) is 0 Å². The second kappa shape index (κ2) is 14.8. The van der Waals surface area contributed by atoms with E-state index in [1.165, 1.54) is 17.3 Å². The number of carbonyl (C=O) groups is 1. The summed E-state index contributed by atoms with van der Waals surface area (Å²) in [6.07, 6.45) is 15.0. The summed E-state index contributed by atoms with van der Waals surface area (Å²) in [7, 11) is 0. The molecule has 0 aliphatic rings. The molecule has 160 valence electrons. The number of aryl methyl sites for hydroxylation is 1. The molecule has 0 heterocycles. The number of carboxylic acids is 1. The van der Waals surface area contributed by atoms with Gasteiger partial charge in [-0.1, -0.05) is 78.1 Å². The quantitative estimate of drug-likeness (QED) is 0.244. The van der Waals surface area contributed by atoms with Crippen molar-refractivity contribution in [1.82, 2.24) is 0 Å². The highest BCUT2D eigenvalue weighted by atomic mass is 32.2. The largest absolute Gasteiger partial charge is 0.490 e. The molecule has 31 heavy (non-hydrogen) atoms. The molecule has 0 saturated carbocycles. The summed E-state index contributed by atoms with van der Waals surface area (Å²) in [5, 5.41) is 9.16. The normalized spacial score (nSPS) is 11.1. The van der Waals surface area contributed by atoms with Crippen molar-refractivity contribution in [3.8, 4) is 17.6 Å². The van der Waals surface area contributed by atoms with Crippen molar-refractivity contribution < 1.29 is 14.6 Å². The van der Waals surface area contributed by atoms with E-state index in [1.54, 1.807) is 12.1 Å². The molecule has 0 fully saturated rings. The minimum atomic E-state index is -0.905. The van der Waals surface area contributed by atoms with Crippen LogP contribution >= 0.6 is 11.8 Å². The molecule has 2 aromatic carbocycles. The standard InChI is InChI=1S/C27H28O3S/c1-23-17-19-24(20-18-23)30-21-13-9-7-5-3-2-4-6-8-10-14-22-31-26-16-12-11-15-25(26)27(28)29/h3-6,9,11-13,15-20H,2,7-8,21-22H2,1H3,(H,28,29)/b5-3-,6-4-,13-9-. The molecule has 0 radical (unpaired) electrons. The fraction of sp³-hybridized carbons (Fsp3) is 0.222. The van der Waals surface area contributed by atoms with Crippen molar-refractivity contribution in [2.75, 3.05) is 12.4 Å². The molecule has 0 unspecified atom stereocenters. The molecule has 2 rings (SSSR count). The van der Waals surface area contributed by atoms with Crippen LogP contribution in [-0.2, 0) is 0 Å². The van der Waals surface area contributed by atoms with E-state index in [4.69, 9.17) is 9.84 Å². The molecule has 0 bridgehead atoms. The Morgan fingerprint density at radius 2 is 1.61 bits per heavy atom. The zero-order chi connectivity index (χ0) is 22.2. The van der Waals surface area contributed by atoms with Gasteiger partial charge in [-0.15, -0.1) is 11.8 Å². The van der Waals surface area contributed by atoms with Crippen molar-refractivity contribution in [3.05, 3.63) is 96.1 Å². The lowest BCUT2D eigenvalue weighted by Crippen LogP contribution is -1.98. The third kappa shape index (κ3) is 10.4. The van der Waals surface area contributed by atoms with Crippen LogP contribution in [0.5, 0.6) is 5.75 Å². The zero-order valence-corrected chi connectivity index (χ0v) is 18.6. The van der Waals surface area contributed by atoms with Crippen LogP contribution in [0.4, 0.5) is 0 Å². The highest BCUT2D eigenvalue weighted by molar-refractivity contribution is 7.99. The van der Waals surface area contributed by atoms with E-state index in [2.05, 4.69) is 49.1 Å². The highest BCUT2D eigenvalue weighted by Gasteiger charge is 2.08. The molecule has 3 nitrogen and oxygen atoms in total. The Morgan fingerprint density at radius 3 is 2.35 bits per heavy atom. The number of allylic oxidation sites excluding steroid dienone is 5. The summed E-state index contributed by atoms with van der Waals surface area (Å²) >= 11 is 1.45. The predicted octanol–water partition coefficient (Wildman–Crippen LogP) is 6.71. The summed E-state index contributed by atoms with van der Waals surface area (Å²) in [4.78, 5) is 11.9. The first kappa shape index (κ1) is 24.1. The number of benzene rings is 2. The molecule has 0 aliphatic heterocycles.